The summed E-state index contributed by atoms with van der Waals surface area (Å²) in [6.07, 6.45) is 0.944. The van der Waals surface area contributed by atoms with Gasteiger partial charge in [-0.2, -0.15) is 0 Å². The zero-order chi connectivity index (χ0) is 11.0. The maximum Gasteiger partial charge on any atom is 0.284 e. The largest absolute Gasteiger partial charge is 0.363 e. The first kappa shape index (κ1) is 10.2. The molecule has 2 heterocycles. The Morgan fingerprint density at radius 1 is 1.60 bits per heavy atom. The monoisotopic (exact) mass is 208 g/mol. The van der Waals surface area contributed by atoms with Gasteiger partial charge in [0.2, 0.25) is 0 Å². The molecule has 5 nitrogen and oxygen atoms in total. The van der Waals surface area contributed by atoms with Gasteiger partial charge in [-0.15, -0.1) is 0 Å². The van der Waals surface area contributed by atoms with Gasteiger partial charge in [-0.05, 0) is 6.54 Å². The van der Waals surface area contributed by atoms with Crippen LogP contribution < -0.4 is 5.73 Å². The van der Waals surface area contributed by atoms with Crippen molar-refractivity contribution < 1.29 is 4.79 Å². The molecule has 0 spiro atoms. The molecule has 2 rings (SSSR count). The summed E-state index contributed by atoms with van der Waals surface area (Å²) in [5.41, 5.74) is 7.40. The number of likely N-dealkylation sites (N-methyl/N-ethyl adjacent to an activating group) is 1. The Kier molecular flexibility index (Phi) is 2.48. The topological polar surface area (TPSA) is 64.2 Å². The van der Waals surface area contributed by atoms with Gasteiger partial charge in [-0.1, -0.05) is 6.92 Å². The predicted molar refractivity (Wildman–Crippen MR) is 56.4 cm³/mol. The van der Waals surface area contributed by atoms with Crippen molar-refractivity contribution in [2.75, 3.05) is 13.1 Å². The summed E-state index contributed by atoms with van der Waals surface area (Å²) >= 11 is 0. The van der Waals surface area contributed by atoms with Crippen LogP contribution in [0.25, 0.3) is 0 Å². The summed E-state index contributed by atoms with van der Waals surface area (Å²) in [4.78, 5) is 17.7. The van der Waals surface area contributed by atoms with Gasteiger partial charge in [-0.25, -0.2) is 4.98 Å². The third kappa shape index (κ3) is 1.63. The first-order valence-electron chi connectivity index (χ1n) is 5.20. The van der Waals surface area contributed by atoms with Crippen LogP contribution in [-0.4, -0.2) is 33.4 Å². The average molecular weight is 208 g/mol. The van der Waals surface area contributed by atoms with Crippen LogP contribution in [0.1, 0.15) is 28.9 Å². The van der Waals surface area contributed by atoms with E-state index < -0.39 is 5.91 Å². The molecular weight excluding hydrogens is 192 g/mol. The highest BCUT2D eigenvalue weighted by Crippen LogP contribution is 2.18. The smallest absolute Gasteiger partial charge is 0.284 e. The predicted octanol–water partition coefficient (Wildman–Crippen LogP) is -0.103. The Hall–Kier alpha value is -1.36. The molecule has 0 aliphatic carbocycles. The Morgan fingerprint density at radius 2 is 2.33 bits per heavy atom. The molecule has 15 heavy (non-hydrogen) atoms. The van der Waals surface area contributed by atoms with Crippen molar-refractivity contribution in [3.8, 4) is 0 Å². The number of aromatic nitrogens is 2. The zero-order valence-electron chi connectivity index (χ0n) is 9.16. The maximum absolute atomic E-state index is 11.1. The van der Waals surface area contributed by atoms with E-state index in [9.17, 15) is 4.79 Å². The molecule has 0 atom stereocenters. The van der Waals surface area contributed by atoms with Gasteiger partial charge >= 0.3 is 0 Å². The van der Waals surface area contributed by atoms with E-state index in [-0.39, 0.29) is 0 Å². The third-order valence-corrected chi connectivity index (χ3v) is 3.00. The fraction of sp³-hybridized carbons (Fsp3) is 0.600. The molecule has 0 bridgehead atoms. The Bertz CT molecular complexity index is 396. The van der Waals surface area contributed by atoms with Crippen LogP contribution >= 0.6 is 0 Å². The van der Waals surface area contributed by atoms with Gasteiger partial charge < -0.3 is 10.3 Å². The van der Waals surface area contributed by atoms with E-state index in [4.69, 9.17) is 5.73 Å². The van der Waals surface area contributed by atoms with Crippen molar-refractivity contribution in [2.45, 2.75) is 19.9 Å². The summed E-state index contributed by atoms with van der Waals surface area (Å²) in [5.74, 6) is -0.0760. The minimum Gasteiger partial charge on any atom is -0.363 e. The molecule has 0 fully saturated rings. The number of hydrogen-bond donors (Lipinski definition) is 1. The van der Waals surface area contributed by atoms with Crippen molar-refractivity contribution in [1.82, 2.24) is 14.5 Å². The van der Waals surface area contributed by atoms with Crippen molar-refractivity contribution >= 4 is 5.91 Å². The molecule has 0 radical (unpaired) electrons. The Morgan fingerprint density at radius 3 is 2.93 bits per heavy atom. The van der Waals surface area contributed by atoms with Gasteiger partial charge in [0.25, 0.3) is 5.91 Å². The number of primary amides is 1. The standard InChI is InChI=1S/C10H16N4O/c1-3-14-5-4-8-7(6-14)12-10(9(11)15)13(8)2/h3-6H2,1-2H3,(H2,11,15). The second-order valence-corrected chi connectivity index (χ2v) is 3.87. The first-order valence-corrected chi connectivity index (χ1v) is 5.20. The van der Waals surface area contributed by atoms with Gasteiger partial charge in [0.1, 0.15) is 0 Å². The van der Waals surface area contributed by atoms with E-state index in [2.05, 4.69) is 16.8 Å². The molecule has 1 aliphatic heterocycles. The third-order valence-electron chi connectivity index (χ3n) is 3.00. The minimum atomic E-state index is -0.449. The van der Waals surface area contributed by atoms with E-state index in [1.165, 1.54) is 0 Å². The number of amides is 1. The van der Waals surface area contributed by atoms with Crippen LogP contribution in [0.15, 0.2) is 0 Å². The molecule has 0 saturated carbocycles. The molecule has 1 amide bonds. The van der Waals surface area contributed by atoms with Gasteiger partial charge in [-0.3, -0.25) is 9.69 Å². The second kappa shape index (κ2) is 3.66. The molecule has 1 aromatic heterocycles. The quantitative estimate of drug-likeness (QED) is 0.738. The normalized spacial score (nSPS) is 16.4. The number of fused-ring (bicyclic) bond motifs is 1. The van der Waals surface area contributed by atoms with Gasteiger partial charge in [0.15, 0.2) is 5.82 Å². The maximum atomic E-state index is 11.1. The van der Waals surface area contributed by atoms with Crippen LogP contribution in [0.4, 0.5) is 0 Å². The summed E-state index contributed by atoms with van der Waals surface area (Å²) in [5, 5.41) is 0. The molecule has 0 saturated heterocycles. The van der Waals surface area contributed by atoms with Crippen LogP contribution in [0, 0.1) is 0 Å². The number of carbonyl (C=O) groups is 1. The molecule has 0 unspecified atom stereocenters. The minimum absolute atomic E-state index is 0.373. The highest BCUT2D eigenvalue weighted by atomic mass is 16.1. The SMILES string of the molecule is CCN1CCc2c(nc(C(N)=O)n2C)C1. The number of hydrogen-bond acceptors (Lipinski definition) is 3. The highest BCUT2D eigenvalue weighted by molar-refractivity contribution is 5.89. The lowest BCUT2D eigenvalue weighted by molar-refractivity contribution is 0.0987. The van der Waals surface area contributed by atoms with E-state index in [0.717, 1.165) is 37.4 Å². The fourth-order valence-electron chi connectivity index (χ4n) is 2.07. The average Bonchev–Trinajstić information content (AvgIpc) is 2.55. The fourth-order valence-corrected chi connectivity index (χ4v) is 2.07. The molecular formula is C10H16N4O. The first-order chi connectivity index (χ1) is 7.13. The number of carbonyl (C=O) groups excluding carboxylic acids is 1. The molecule has 5 heteroatoms. The summed E-state index contributed by atoms with van der Waals surface area (Å²) < 4.78 is 1.82. The van der Waals surface area contributed by atoms with Crippen molar-refractivity contribution in [3.05, 3.63) is 17.2 Å². The lowest BCUT2D eigenvalue weighted by Gasteiger charge is -2.24. The number of nitrogens with zero attached hydrogens (tertiary/aromatic N) is 3. The number of rotatable bonds is 2. The highest BCUT2D eigenvalue weighted by Gasteiger charge is 2.23. The van der Waals surface area contributed by atoms with Gasteiger partial charge in [0, 0.05) is 32.3 Å². The molecule has 82 valence electrons. The van der Waals surface area contributed by atoms with Crippen LogP contribution in [0.5, 0.6) is 0 Å². The summed E-state index contributed by atoms with van der Waals surface area (Å²) in [7, 11) is 1.85. The molecule has 0 aromatic carbocycles. The Labute approximate surface area is 88.9 Å². The van der Waals surface area contributed by atoms with Crippen LogP contribution in [0.2, 0.25) is 0 Å². The van der Waals surface area contributed by atoms with Crippen LogP contribution in [0.3, 0.4) is 0 Å². The van der Waals surface area contributed by atoms with Crippen molar-refractivity contribution in [2.24, 2.45) is 12.8 Å². The Balaban J connectivity index is 2.37. The van der Waals surface area contributed by atoms with Gasteiger partial charge in [0.05, 0.1) is 5.69 Å². The molecule has 1 aliphatic rings. The summed E-state index contributed by atoms with van der Waals surface area (Å²) in [6.45, 7) is 5.00. The number of imidazole rings is 1. The van der Waals surface area contributed by atoms with E-state index in [1.54, 1.807) is 0 Å². The van der Waals surface area contributed by atoms with Crippen molar-refractivity contribution in [3.63, 3.8) is 0 Å². The second-order valence-electron chi connectivity index (χ2n) is 3.87. The summed E-state index contributed by atoms with van der Waals surface area (Å²) in [6, 6.07) is 0. The zero-order valence-corrected chi connectivity index (χ0v) is 9.16. The number of nitrogens with two attached hydrogens (primary N) is 1. The van der Waals surface area contributed by atoms with Crippen LogP contribution in [-0.2, 0) is 20.0 Å². The van der Waals surface area contributed by atoms with E-state index in [1.807, 2.05) is 11.6 Å². The van der Waals surface area contributed by atoms with E-state index >= 15 is 0 Å². The lowest BCUT2D eigenvalue weighted by Crippen LogP contribution is -2.30. The molecule has 2 N–H and O–H groups in total. The lowest BCUT2D eigenvalue weighted by atomic mass is 10.1. The van der Waals surface area contributed by atoms with Crippen molar-refractivity contribution in [1.29, 1.82) is 0 Å². The molecule has 1 aromatic rings. The van der Waals surface area contributed by atoms with E-state index in [0.29, 0.717) is 5.82 Å².